The van der Waals surface area contributed by atoms with Gasteiger partial charge in [-0.25, -0.2) is 4.98 Å². The van der Waals surface area contributed by atoms with E-state index in [9.17, 15) is 0 Å². The number of nitrogens with one attached hydrogen (secondary N) is 1. The number of hydrogen-bond donors (Lipinski definition) is 1. The summed E-state index contributed by atoms with van der Waals surface area (Å²) in [7, 11) is 1.62. The lowest BCUT2D eigenvalue weighted by molar-refractivity contribution is 0.397. The first-order valence-corrected chi connectivity index (χ1v) is 6.96. The molecule has 1 N–H and O–H groups in total. The predicted molar refractivity (Wildman–Crippen MR) is 80.2 cm³/mol. The smallest absolute Gasteiger partial charge is 0.212 e. The van der Waals surface area contributed by atoms with Crippen molar-refractivity contribution in [1.29, 1.82) is 0 Å². The van der Waals surface area contributed by atoms with Crippen molar-refractivity contribution in [2.24, 2.45) is 0 Å². The summed E-state index contributed by atoms with van der Waals surface area (Å²) in [6.07, 6.45) is 1.83. The van der Waals surface area contributed by atoms with Gasteiger partial charge in [0, 0.05) is 29.3 Å². The Morgan fingerprint density at radius 2 is 2.05 bits per heavy atom. The van der Waals surface area contributed by atoms with Gasteiger partial charge in [0.05, 0.1) is 7.11 Å². The van der Waals surface area contributed by atoms with Gasteiger partial charge in [-0.3, -0.25) is 0 Å². The third-order valence-corrected chi connectivity index (χ3v) is 3.71. The highest BCUT2D eigenvalue weighted by Crippen LogP contribution is 2.23. The van der Waals surface area contributed by atoms with E-state index in [1.807, 2.05) is 30.5 Å². The van der Waals surface area contributed by atoms with Gasteiger partial charge < -0.3 is 10.1 Å². The zero-order chi connectivity index (χ0) is 13.7. The van der Waals surface area contributed by atoms with E-state index < -0.39 is 0 Å². The molecule has 1 atom stereocenters. The minimum absolute atomic E-state index is 0.276. The van der Waals surface area contributed by atoms with Crippen molar-refractivity contribution in [3.63, 3.8) is 0 Å². The van der Waals surface area contributed by atoms with E-state index in [2.05, 4.69) is 45.3 Å². The molecule has 0 fully saturated rings. The van der Waals surface area contributed by atoms with Gasteiger partial charge in [0.2, 0.25) is 5.88 Å². The lowest BCUT2D eigenvalue weighted by atomic mass is 10.1. The van der Waals surface area contributed by atoms with Gasteiger partial charge in [-0.15, -0.1) is 0 Å². The Morgan fingerprint density at radius 1 is 1.26 bits per heavy atom. The van der Waals surface area contributed by atoms with E-state index in [1.165, 1.54) is 5.56 Å². The molecule has 0 amide bonds. The summed E-state index contributed by atoms with van der Waals surface area (Å²) in [5, 5.41) is 3.48. The number of aromatic nitrogens is 1. The Balaban J connectivity index is 1.96. The largest absolute Gasteiger partial charge is 0.481 e. The molecule has 0 bridgehead atoms. The van der Waals surface area contributed by atoms with E-state index in [-0.39, 0.29) is 6.04 Å². The Kier molecular flexibility index (Phi) is 4.93. The minimum atomic E-state index is 0.276. The van der Waals surface area contributed by atoms with Crippen LogP contribution in [0.25, 0.3) is 0 Å². The molecule has 0 radical (unpaired) electrons. The summed E-state index contributed by atoms with van der Waals surface area (Å²) in [4.78, 5) is 4.19. The average Bonchev–Trinajstić information content (AvgIpc) is 2.46. The van der Waals surface area contributed by atoms with E-state index in [4.69, 9.17) is 4.74 Å². The first-order valence-electron chi connectivity index (χ1n) is 6.17. The van der Waals surface area contributed by atoms with Crippen LogP contribution in [0.2, 0.25) is 0 Å². The molecule has 100 valence electrons. The van der Waals surface area contributed by atoms with Gasteiger partial charge in [-0.1, -0.05) is 40.2 Å². The monoisotopic (exact) mass is 320 g/mol. The zero-order valence-electron chi connectivity index (χ0n) is 11.1. The molecule has 1 aromatic carbocycles. The highest BCUT2D eigenvalue weighted by Gasteiger charge is 2.08. The topological polar surface area (TPSA) is 34.1 Å². The third-order valence-electron chi connectivity index (χ3n) is 2.99. The highest BCUT2D eigenvalue weighted by molar-refractivity contribution is 9.10. The van der Waals surface area contributed by atoms with Crippen LogP contribution in [-0.2, 0) is 6.54 Å². The molecular formula is C15H17BrN2O. The Morgan fingerprint density at radius 3 is 2.68 bits per heavy atom. The maximum absolute atomic E-state index is 5.04. The number of hydrogen-bond acceptors (Lipinski definition) is 3. The standard InChI is InChI=1S/C15H17BrN2O/c1-11(13-5-3-4-6-14(13)16)17-9-12-7-8-15(19-2)18-10-12/h3-8,10-11,17H,9H2,1-2H3/t11-/m1/s1. The quantitative estimate of drug-likeness (QED) is 0.912. The molecule has 0 saturated carbocycles. The Hall–Kier alpha value is -1.39. The van der Waals surface area contributed by atoms with Crippen LogP contribution in [0, 0.1) is 0 Å². The normalized spacial score (nSPS) is 12.2. The van der Waals surface area contributed by atoms with Crippen LogP contribution in [0.15, 0.2) is 47.1 Å². The summed E-state index contributed by atoms with van der Waals surface area (Å²) in [5.74, 6) is 0.641. The summed E-state index contributed by atoms with van der Waals surface area (Å²) >= 11 is 3.57. The number of nitrogens with zero attached hydrogens (tertiary/aromatic N) is 1. The van der Waals surface area contributed by atoms with Crippen molar-refractivity contribution in [1.82, 2.24) is 10.3 Å². The van der Waals surface area contributed by atoms with Crippen molar-refractivity contribution in [2.75, 3.05) is 7.11 Å². The van der Waals surface area contributed by atoms with Crippen LogP contribution in [0.4, 0.5) is 0 Å². The number of pyridine rings is 1. The second-order valence-electron chi connectivity index (χ2n) is 4.33. The molecule has 0 unspecified atom stereocenters. The van der Waals surface area contributed by atoms with Crippen LogP contribution >= 0.6 is 15.9 Å². The molecule has 0 saturated heterocycles. The van der Waals surface area contributed by atoms with Gasteiger partial charge in [0.25, 0.3) is 0 Å². The molecule has 2 rings (SSSR count). The minimum Gasteiger partial charge on any atom is -0.481 e. The lowest BCUT2D eigenvalue weighted by Crippen LogP contribution is -2.18. The van der Waals surface area contributed by atoms with E-state index in [1.54, 1.807) is 7.11 Å². The number of halogens is 1. The molecule has 3 nitrogen and oxygen atoms in total. The number of rotatable bonds is 5. The first kappa shape index (κ1) is 14.0. The van der Waals surface area contributed by atoms with Crippen molar-refractivity contribution in [2.45, 2.75) is 19.5 Å². The molecule has 0 aliphatic rings. The van der Waals surface area contributed by atoms with Crippen molar-refractivity contribution in [3.8, 4) is 5.88 Å². The highest BCUT2D eigenvalue weighted by atomic mass is 79.9. The van der Waals surface area contributed by atoms with Gasteiger partial charge in [-0.05, 0) is 24.1 Å². The third kappa shape index (κ3) is 3.78. The molecule has 4 heteroatoms. The molecule has 19 heavy (non-hydrogen) atoms. The fraction of sp³-hybridized carbons (Fsp3) is 0.267. The van der Waals surface area contributed by atoms with E-state index >= 15 is 0 Å². The predicted octanol–water partition coefficient (Wildman–Crippen LogP) is 3.70. The van der Waals surface area contributed by atoms with E-state index in [0.29, 0.717) is 5.88 Å². The second-order valence-corrected chi connectivity index (χ2v) is 5.19. The van der Waals surface area contributed by atoms with Crippen molar-refractivity contribution >= 4 is 15.9 Å². The number of methoxy groups -OCH3 is 1. The van der Waals surface area contributed by atoms with E-state index in [0.717, 1.165) is 16.6 Å². The van der Waals surface area contributed by atoms with Gasteiger partial charge in [0.15, 0.2) is 0 Å². The van der Waals surface area contributed by atoms with Crippen LogP contribution in [0.5, 0.6) is 5.88 Å². The molecule has 1 heterocycles. The van der Waals surface area contributed by atoms with Crippen LogP contribution in [0.1, 0.15) is 24.1 Å². The molecule has 1 aromatic heterocycles. The van der Waals surface area contributed by atoms with Crippen molar-refractivity contribution < 1.29 is 4.74 Å². The number of ether oxygens (including phenoxy) is 1. The summed E-state index contributed by atoms with van der Waals surface area (Å²) in [6, 6.07) is 12.4. The Bertz CT molecular complexity index is 528. The molecule has 0 aliphatic carbocycles. The average molecular weight is 321 g/mol. The number of benzene rings is 1. The first-order chi connectivity index (χ1) is 9.20. The summed E-state index contributed by atoms with van der Waals surface area (Å²) in [6.45, 7) is 2.93. The second kappa shape index (κ2) is 6.68. The molecule has 2 aromatic rings. The summed E-state index contributed by atoms with van der Waals surface area (Å²) in [5.41, 5.74) is 2.39. The fourth-order valence-electron chi connectivity index (χ4n) is 1.84. The Labute approximate surface area is 122 Å². The summed E-state index contributed by atoms with van der Waals surface area (Å²) < 4.78 is 6.17. The SMILES string of the molecule is COc1ccc(CN[C@H](C)c2ccccc2Br)cn1. The van der Waals surface area contributed by atoms with Crippen LogP contribution in [0.3, 0.4) is 0 Å². The maximum Gasteiger partial charge on any atom is 0.212 e. The van der Waals surface area contributed by atoms with Gasteiger partial charge in [-0.2, -0.15) is 0 Å². The van der Waals surface area contributed by atoms with Gasteiger partial charge >= 0.3 is 0 Å². The fourth-order valence-corrected chi connectivity index (χ4v) is 2.47. The molecule has 0 spiro atoms. The van der Waals surface area contributed by atoms with Crippen LogP contribution < -0.4 is 10.1 Å². The molecular weight excluding hydrogens is 304 g/mol. The zero-order valence-corrected chi connectivity index (χ0v) is 12.6. The van der Waals surface area contributed by atoms with Crippen LogP contribution in [-0.4, -0.2) is 12.1 Å². The lowest BCUT2D eigenvalue weighted by Gasteiger charge is -2.15. The van der Waals surface area contributed by atoms with Crippen molar-refractivity contribution in [3.05, 3.63) is 58.2 Å². The maximum atomic E-state index is 5.04. The van der Waals surface area contributed by atoms with Gasteiger partial charge in [0.1, 0.15) is 0 Å². The molecule has 0 aliphatic heterocycles.